The molecule has 0 aliphatic carbocycles. The van der Waals surface area contributed by atoms with E-state index in [9.17, 15) is 0 Å². The van der Waals surface area contributed by atoms with E-state index in [1.807, 2.05) is 0 Å². The first-order valence-electron chi connectivity index (χ1n) is 6.54. The van der Waals surface area contributed by atoms with Gasteiger partial charge in [-0.05, 0) is 37.8 Å². The zero-order chi connectivity index (χ0) is 12.5. The molecule has 3 heteroatoms. The average Bonchev–Trinajstić information content (AvgIpc) is 2.77. The van der Waals surface area contributed by atoms with Crippen molar-refractivity contribution < 1.29 is 0 Å². The Kier molecular flexibility index (Phi) is 3.25. The van der Waals surface area contributed by atoms with E-state index >= 15 is 0 Å². The minimum absolute atomic E-state index is 0.591. The fourth-order valence-corrected chi connectivity index (χ4v) is 3.24. The number of halogens is 1. The molecular formula is C15H17BrN2. The Hall–Kier alpha value is -1.09. The Morgan fingerprint density at radius 2 is 2.22 bits per heavy atom. The quantitative estimate of drug-likeness (QED) is 0.815. The molecule has 1 aromatic heterocycles. The van der Waals surface area contributed by atoms with Gasteiger partial charge in [-0.25, -0.2) is 4.98 Å². The first-order valence-corrected chi connectivity index (χ1v) is 7.33. The molecule has 94 valence electrons. The molecule has 0 fully saturated rings. The van der Waals surface area contributed by atoms with Crippen LogP contribution in [0.5, 0.6) is 0 Å². The highest BCUT2D eigenvalue weighted by molar-refractivity contribution is 9.10. The molecule has 1 atom stereocenters. The topological polar surface area (TPSA) is 17.8 Å². The molecule has 1 aromatic carbocycles. The molecule has 3 rings (SSSR count). The number of fused-ring (bicyclic) bond motifs is 1. The first-order chi connectivity index (χ1) is 8.75. The molecule has 2 nitrogen and oxygen atoms in total. The van der Waals surface area contributed by atoms with Crippen molar-refractivity contribution in [3.8, 4) is 0 Å². The van der Waals surface area contributed by atoms with E-state index in [2.05, 4.69) is 62.9 Å². The predicted octanol–water partition coefficient (Wildman–Crippen LogP) is 4.13. The number of aromatic nitrogens is 2. The summed E-state index contributed by atoms with van der Waals surface area (Å²) in [6.07, 6.45) is 6.70. The summed E-state index contributed by atoms with van der Waals surface area (Å²) in [6.45, 7) is 2.30. The second-order valence-corrected chi connectivity index (χ2v) is 5.90. The van der Waals surface area contributed by atoms with Crippen LogP contribution in [0.25, 0.3) is 0 Å². The number of nitrogens with zero attached hydrogens (tertiary/aromatic N) is 2. The summed E-state index contributed by atoms with van der Waals surface area (Å²) in [5.41, 5.74) is 2.71. The average molecular weight is 305 g/mol. The maximum absolute atomic E-state index is 4.63. The molecule has 18 heavy (non-hydrogen) atoms. The Labute approximate surface area is 116 Å². The van der Waals surface area contributed by atoms with Gasteiger partial charge in [0.1, 0.15) is 5.82 Å². The molecule has 0 spiro atoms. The normalized spacial score (nSPS) is 18.7. The van der Waals surface area contributed by atoms with E-state index in [1.165, 1.54) is 40.8 Å². The van der Waals surface area contributed by atoms with Gasteiger partial charge in [0.2, 0.25) is 0 Å². The summed E-state index contributed by atoms with van der Waals surface area (Å²) < 4.78 is 3.61. The Bertz CT molecular complexity index is 559. The van der Waals surface area contributed by atoms with Gasteiger partial charge in [0.15, 0.2) is 0 Å². The molecule has 2 aromatic rings. The molecule has 0 radical (unpaired) electrons. The number of imidazole rings is 1. The monoisotopic (exact) mass is 304 g/mol. The highest BCUT2D eigenvalue weighted by Gasteiger charge is 2.20. The van der Waals surface area contributed by atoms with Crippen molar-refractivity contribution in [1.29, 1.82) is 0 Å². The molecule has 1 aliphatic heterocycles. The van der Waals surface area contributed by atoms with Gasteiger partial charge in [-0.2, -0.15) is 0 Å². The molecule has 0 saturated carbocycles. The number of aryl methyl sites for hydroxylation is 1. The third kappa shape index (κ3) is 2.12. The van der Waals surface area contributed by atoms with Crippen LogP contribution in [0.15, 0.2) is 34.9 Å². The van der Waals surface area contributed by atoms with Gasteiger partial charge in [-0.1, -0.05) is 34.1 Å². The second-order valence-electron chi connectivity index (χ2n) is 5.05. The molecule has 1 unspecified atom stereocenters. The van der Waals surface area contributed by atoms with Crippen LogP contribution in [0, 0.1) is 0 Å². The smallest absolute Gasteiger partial charge is 0.113 e. The van der Waals surface area contributed by atoms with E-state index in [4.69, 9.17) is 0 Å². The van der Waals surface area contributed by atoms with Crippen molar-refractivity contribution in [1.82, 2.24) is 9.55 Å². The minimum atomic E-state index is 0.591. The summed E-state index contributed by atoms with van der Waals surface area (Å²) in [6, 6.07) is 8.99. The van der Waals surface area contributed by atoms with Crippen LogP contribution in [0.4, 0.5) is 0 Å². The van der Waals surface area contributed by atoms with Crippen molar-refractivity contribution in [3.05, 3.63) is 52.0 Å². The Balaban J connectivity index is 1.95. The van der Waals surface area contributed by atoms with Crippen LogP contribution >= 0.6 is 15.9 Å². The summed E-state index contributed by atoms with van der Waals surface area (Å²) in [4.78, 5) is 4.63. The van der Waals surface area contributed by atoms with Crippen molar-refractivity contribution in [3.63, 3.8) is 0 Å². The zero-order valence-electron chi connectivity index (χ0n) is 10.6. The number of rotatable bonds is 2. The van der Waals surface area contributed by atoms with Gasteiger partial charge in [0.25, 0.3) is 0 Å². The molecule has 0 saturated heterocycles. The van der Waals surface area contributed by atoms with E-state index in [0.717, 1.165) is 6.42 Å². The van der Waals surface area contributed by atoms with Gasteiger partial charge in [0, 0.05) is 28.8 Å². The highest BCUT2D eigenvalue weighted by atomic mass is 79.9. The Morgan fingerprint density at radius 1 is 1.39 bits per heavy atom. The molecular weight excluding hydrogens is 288 g/mol. The van der Waals surface area contributed by atoms with Crippen LogP contribution in [-0.4, -0.2) is 9.55 Å². The van der Waals surface area contributed by atoms with Gasteiger partial charge >= 0.3 is 0 Å². The minimum Gasteiger partial charge on any atom is -0.329 e. The zero-order valence-corrected chi connectivity index (χ0v) is 12.2. The van der Waals surface area contributed by atoms with Gasteiger partial charge in [-0.3, -0.25) is 0 Å². The standard InChI is InChI=1S/C15H17BrN2/c1-11-5-4-7-13-10-17-15(18(11)13)9-12-6-2-3-8-14(12)16/h2-3,6,8,10-11H,4-5,7,9H2,1H3. The van der Waals surface area contributed by atoms with Crippen LogP contribution in [-0.2, 0) is 12.8 Å². The molecule has 0 bridgehead atoms. The van der Waals surface area contributed by atoms with Gasteiger partial charge in [0.05, 0.1) is 0 Å². The molecule has 2 heterocycles. The van der Waals surface area contributed by atoms with Crippen molar-refractivity contribution in [2.75, 3.05) is 0 Å². The van der Waals surface area contributed by atoms with E-state index < -0.39 is 0 Å². The molecule has 0 N–H and O–H groups in total. The third-order valence-electron chi connectivity index (χ3n) is 3.75. The van der Waals surface area contributed by atoms with Crippen molar-refractivity contribution in [2.24, 2.45) is 0 Å². The van der Waals surface area contributed by atoms with Crippen LogP contribution < -0.4 is 0 Å². The lowest BCUT2D eigenvalue weighted by Gasteiger charge is -2.24. The maximum atomic E-state index is 4.63. The van der Waals surface area contributed by atoms with Gasteiger partial charge < -0.3 is 4.57 Å². The summed E-state index contributed by atoms with van der Waals surface area (Å²) >= 11 is 3.62. The Morgan fingerprint density at radius 3 is 3.06 bits per heavy atom. The molecule has 1 aliphatic rings. The van der Waals surface area contributed by atoms with E-state index in [0.29, 0.717) is 6.04 Å². The summed E-state index contributed by atoms with van der Waals surface area (Å²) in [5, 5.41) is 0. The second kappa shape index (κ2) is 4.88. The van der Waals surface area contributed by atoms with Gasteiger partial charge in [-0.15, -0.1) is 0 Å². The molecule has 0 amide bonds. The first kappa shape index (κ1) is 12.0. The van der Waals surface area contributed by atoms with Crippen LogP contribution in [0.2, 0.25) is 0 Å². The predicted molar refractivity (Wildman–Crippen MR) is 76.8 cm³/mol. The lowest BCUT2D eigenvalue weighted by atomic mass is 10.0. The fourth-order valence-electron chi connectivity index (χ4n) is 2.81. The van der Waals surface area contributed by atoms with Crippen LogP contribution in [0.3, 0.4) is 0 Å². The number of hydrogen-bond donors (Lipinski definition) is 0. The number of benzene rings is 1. The largest absolute Gasteiger partial charge is 0.329 e. The maximum Gasteiger partial charge on any atom is 0.113 e. The van der Waals surface area contributed by atoms with Crippen molar-refractivity contribution >= 4 is 15.9 Å². The van der Waals surface area contributed by atoms with Crippen molar-refractivity contribution in [2.45, 2.75) is 38.6 Å². The fraction of sp³-hybridized carbons (Fsp3) is 0.400. The third-order valence-corrected chi connectivity index (χ3v) is 4.53. The lowest BCUT2D eigenvalue weighted by Crippen LogP contribution is -2.17. The lowest BCUT2D eigenvalue weighted by molar-refractivity contribution is 0.421. The van der Waals surface area contributed by atoms with E-state index in [-0.39, 0.29) is 0 Å². The SMILES string of the molecule is CC1CCCc2cnc(Cc3ccccc3Br)n21. The van der Waals surface area contributed by atoms with E-state index in [1.54, 1.807) is 0 Å². The summed E-state index contributed by atoms with van der Waals surface area (Å²) in [5.74, 6) is 1.20. The highest BCUT2D eigenvalue weighted by Crippen LogP contribution is 2.28. The summed E-state index contributed by atoms with van der Waals surface area (Å²) in [7, 11) is 0. The number of hydrogen-bond acceptors (Lipinski definition) is 1. The van der Waals surface area contributed by atoms with Crippen LogP contribution in [0.1, 0.15) is 42.9 Å².